The Morgan fingerprint density at radius 1 is 1.23 bits per heavy atom. The minimum absolute atomic E-state index is 0.0905. The molecule has 0 aromatic heterocycles. The Morgan fingerprint density at radius 2 is 1.90 bits per heavy atom. The van der Waals surface area contributed by atoms with Crippen LogP contribution in [0.15, 0.2) is 29.5 Å². The summed E-state index contributed by atoms with van der Waals surface area (Å²) in [5, 5.41) is 3.03. The van der Waals surface area contributed by atoms with E-state index < -0.39 is 12.1 Å². The highest BCUT2D eigenvalue weighted by molar-refractivity contribution is 6.03. The maximum absolute atomic E-state index is 13.7. The highest BCUT2D eigenvalue weighted by Crippen LogP contribution is 2.38. The van der Waals surface area contributed by atoms with Gasteiger partial charge in [0.05, 0.1) is 23.9 Å². The van der Waals surface area contributed by atoms with Crippen LogP contribution in [0.25, 0.3) is 0 Å². The Bertz CT molecular complexity index is 935. The topological polar surface area (TPSA) is 73.0 Å². The molecule has 2 aliphatic rings. The zero-order chi connectivity index (χ0) is 23.0. The Kier molecular flexibility index (Phi) is 6.43. The van der Waals surface area contributed by atoms with E-state index >= 15 is 0 Å². The number of rotatable bonds is 6. The van der Waals surface area contributed by atoms with Crippen LogP contribution < -0.4 is 5.32 Å². The largest absolute Gasteiger partial charge is 0.347 e. The van der Waals surface area contributed by atoms with Crippen molar-refractivity contribution in [3.8, 4) is 0 Å². The Balaban J connectivity index is 2.07. The molecular weight excluding hydrogens is 392 g/mol. The summed E-state index contributed by atoms with van der Waals surface area (Å²) in [6, 6.07) is 4.76. The van der Waals surface area contributed by atoms with E-state index in [-0.39, 0.29) is 30.3 Å². The minimum atomic E-state index is -0.554. The highest BCUT2D eigenvalue weighted by Gasteiger charge is 2.47. The first-order valence-corrected chi connectivity index (χ1v) is 11.0. The minimum Gasteiger partial charge on any atom is -0.347 e. The number of carbonyl (C=O) groups excluding carboxylic acids is 3. The molecule has 2 atom stereocenters. The van der Waals surface area contributed by atoms with Crippen molar-refractivity contribution in [3.63, 3.8) is 0 Å². The second-order valence-corrected chi connectivity index (χ2v) is 9.16. The predicted molar refractivity (Wildman–Crippen MR) is 120 cm³/mol. The fourth-order valence-electron chi connectivity index (χ4n) is 4.59. The predicted octanol–water partition coefficient (Wildman–Crippen LogP) is 2.99. The first-order valence-electron chi connectivity index (χ1n) is 11.0. The molecule has 168 valence electrons. The lowest BCUT2D eigenvalue weighted by Gasteiger charge is -2.33. The fraction of sp³-hybridized carbons (Fsp3) is 0.542. The lowest BCUT2D eigenvalue weighted by Crippen LogP contribution is -2.48. The number of nitrogens with one attached hydrogen (secondary N) is 1. The van der Waals surface area contributed by atoms with Crippen LogP contribution in [0.2, 0.25) is 0 Å². The number of urea groups is 1. The Hall–Kier alpha value is -2.83. The third-order valence-corrected chi connectivity index (χ3v) is 6.10. The number of benzene rings is 1. The average molecular weight is 427 g/mol. The molecule has 3 rings (SSSR count). The smallest absolute Gasteiger partial charge is 0.322 e. The van der Waals surface area contributed by atoms with Gasteiger partial charge in [-0.05, 0) is 44.2 Å². The average Bonchev–Trinajstić information content (AvgIpc) is 3.02. The van der Waals surface area contributed by atoms with Gasteiger partial charge in [0.25, 0.3) is 5.91 Å². The van der Waals surface area contributed by atoms with Crippen molar-refractivity contribution < 1.29 is 14.4 Å². The van der Waals surface area contributed by atoms with Gasteiger partial charge in [0.2, 0.25) is 5.91 Å². The van der Waals surface area contributed by atoms with Crippen molar-refractivity contribution in [2.75, 3.05) is 27.2 Å². The molecule has 0 fully saturated rings. The monoisotopic (exact) mass is 426 g/mol. The standard InChI is InChI=1S/C24H34N4O3/c1-8-27-19-13-28(18(11-14(2)3)22(29)26(6)7)23(30)20(19)21(25-24(27)31)17-10-9-15(4)12-16(17)5/h9-10,12,14,18,21H,8,11,13H2,1-7H3,(H,25,31)/t18-,21-/m0/s1. The summed E-state index contributed by atoms with van der Waals surface area (Å²) >= 11 is 0. The second kappa shape index (κ2) is 8.73. The molecule has 2 aliphatic heterocycles. The summed E-state index contributed by atoms with van der Waals surface area (Å²) in [4.78, 5) is 44.5. The first kappa shape index (κ1) is 22.8. The van der Waals surface area contributed by atoms with Crippen molar-refractivity contribution in [3.05, 3.63) is 46.2 Å². The summed E-state index contributed by atoms with van der Waals surface area (Å²) < 4.78 is 0. The third-order valence-electron chi connectivity index (χ3n) is 6.10. The van der Waals surface area contributed by atoms with Gasteiger partial charge in [-0.25, -0.2) is 4.79 Å². The molecule has 0 saturated carbocycles. The Labute approximate surface area is 185 Å². The molecule has 0 aliphatic carbocycles. The highest BCUT2D eigenvalue weighted by atomic mass is 16.2. The maximum atomic E-state index is 13.7. The van der Waals surface area contributed by atoms with E-state index in [2.05, 4.69) is 11.4 Å². The van der Waals surface area contributed by atoms with Crippen LogP contribution in [0.1, 0.15) is 49.9 Å². The van der Waals surface area contributed by atoms with Crippen molar-refractivity contribution in [1.29, 1.82) is 0 Å². The summed E-state index contributed by atoms with van der Waals surface area (Å²) in [5.41, 5.74) is 4.35. The Morgan fingerprint density at radius 3 is 2.45 bits per heavy atom. The molecule has 0 unspecified atom stereocenters. The number of amides is 4. The van der Waals surface area contributed by atoms with Gasteiger partial charge >= 0.3 is 6.03 Å². The van der Waals surface area contributed by atoms with Gasteiger partial charge in [-0.2, -0.15) is 0 Å². The summed E-state index contributed by atoms with van der Waals surface area (Å²) in [5.74, 6) is -0.0110. The lowest BCUT2D eigenvalue weighted by atomic mass is 9.91. The van der Waals surface area contributed by atoms with Crippen LogP contribution >= 0.6 is 0 Å². The number of likely N-dealkylation sites (N-methyl/N-ethyl adjacent to an activating group) is 2. The number of carbonyl (C=O) groups is 3. The van der Waals surface area contributed by atoms with E-state index in [0.717, 1.165) is 16.7 Å². The fourth-order valence-corrected chi connectivity index (χ4v) is 4.59. The summed E-state index contributed by atoms with van der Waals surface area (Å²) in [7, 11) is 3.43. The van der Waals surface area contributed by atoms with Crippen molar-refractivity contribution in [2.45, 2.75) is 53.1 Å². The van der Waals surface area contributed by atoms with Gasteiger partial charge in [0.15, 0.2) is 0 Å². The summed E-state index contributed by atoms with van der Waals surface area (Å²) in [6.45, 7) is 10.7. The molecular formula is C24H34N4O3. The molecule has 0 bridgehead atoms. The maximum Gasteiger partial charge on any atom is 0.322 e. The molecule has 0 radical (unpaired) electrons. The molecule has 7 nitrogen and oxygen atoms in total. The van der Waals surface area contributed by atoms with Crippen molar-refractivity contribution in [1.82, 2.24) is 20.0 Å². The summed E-state index contributed by atoms with van der Waals surface area (Å²) in [6.07, 6.45) is 0.574. The van der Waals surface area contributed by atoms with Gasteiger partial charge in [0.1, 0.15) is 6.04 Å². The molecule has 31 heavy (non-hydrogen) atoms. The molecule has 0 spiro atoms. The molecule has 2 heterocycles. The zero-order valence-electron chi connectivity index (χ0n) is 19.7. The first-order chi connectivity index (χ1) is 14.6. The SMILES string of the molecule is CCN1C(=O)N[C@@H](c2ccc(C)cc2C)C2=C1CN([C@@H](CC(C)C)C(=O)N(C)C)C2=O. The quantitative estimate of drug-likeness (QED) is 0.760. The van der Waals surface area contributed by atoms with Crippen LogP contribution in [0, 0.1) is 19.8 Å². The van der Waals surface area contributed by atoms with Gasteiger partial charge in [-0.15, -0.1) is 0 Å². The molecule has 7 heteroatoms. The number of aryl methyl sites for hydroxylation is 2. The number of hydrogen-bond acceptors (Lipinski definition) is 3. The zero-order valence-corrected chi connectivity index (χ0v) is 19.7. The van der Waals surface area contributed by atoms with Gasteiger partial charge < -0.3 is 15.1 Å². The van der Waals surface area contributed by atoms with E-state index in [9.17, 15) is 14.4 Å². The molecule has 4 amide bonds. The van der Waals surface area contributed by atoms with Crippen LogP contribution in [0.5, 0.6) is 0 Å². The van der Waals surface area contributed by atoms with Crippen molar-refractivity contribution >= 4 is 17.8 Å². The van der Waals surface area contributed by atoms with Crippen molar-refractivity contribution in [2.24, 2.45) is 5.92 Å². The number of nitrogens with zero attached hydrogens (tertiary/aromatic N) is 3. The van der Waals surface area contributed by atoms with E-state index in [1.807, 2.05) is 46.8 Å². The third kappa shape index (κ3) is 4.18. The second-order valence-electron chi connectivity index (χ2n) is 9.16. The molecule has 1 aromatic rings. The van der Waals surface area contributed by atoms with Crippen LogP contribution in [0.4, 0.5) is 4.79 Å². The normalized spacial score (nSPS) is 19.7. The van der Waals surface area contributed by atoms with E-state index in [1.165, 1.54) is 0 Å². The van der Waals surface area contributed by atoms with Gasteiger partial charge in [0, 0.05) is 20.6 Å². The van der Waals surface area contributed by atoms with Gasteiger partial charge in [-0.1, -0.05) is 37.6 Å². The van der Waals surface area contributed by atoms with Gasteiger partial charge in [-0.3, -0.25) is 14.5 Å². The molecule has 1 N–H and O–H groups in total. The van der Waals surface area contributed by atoms with Crippen LogP contribution in [-0.4, -0.2) is 65.8 Å². The molecule has 1 aromatic carbocycles. The molecule has 0 saturated heterocycles. The number of hydrogen-bond donors (Lipinski definition) is 1. The van der Waals surface area contributed by atoms with E-state index in [4.69, 9.17) is 0 Å². The van der Waals surface area contributed by atoms with Crippen LogP contribution in [-0.2, 0) is 9.59 Å². The van der Waals surface area contributed by atoms with Crippen LogP contribution in [0.3, 0.4) is 0 Å². The van der Waals surface area contributed by atoms with E-state index in [0.29, 0.717) is 24.2 Å². The van der Waals surface area contributed by atoms with E-state index in [1.54, 1.807) is 28.8 Å². The lowest BCUT2D eigenvalue weighted by molar-refractivity contribution is -0.141.